The molecule has 6 heteroatoms. The summed E-state index contributed by atoms with van der Waals surface area (Å²) in [6, 6.07) is 3.54. The van der Waals surface area contributed by atoms with E-state index in [0.717, 1.165) is 25.0 Å². The lowest BCUT2D eigenvalue weighted by molar-refractivity contribution is 0.158. The Hall–Kier alpha value is -0.760. The molecule has 0 radical (unpaired) electrons. The van der Waals surface area contributed by atoms with E-state index in [1.165, 1.54) is 44.9 Å². The van der Waals surface area contributed by atoms with Crippen LogP contribution in [0.5, 0.6) is 0 Å². The predicted molar refractivity (Wildman–Crippen MR) is 109 cm³/mol. The van der Waals surface area contributed by atoms with E-state index in [2.05, 4.69) is 15.6 Å². The monoisotopic (exact) mass is 449 g/mol. The van der Waals surface area contributed by atoms with Crippen molar-refractivity contribution in [2.75, 3.05) is 19.6 Å². The third-order valence-corrected chi connectivity index (χ3v) is 4.44. The Balaban J connectivity index is 0.00000288. The van der Waals surface area contributed by atoms with Crippen LogP contribution in [0.2, 0.25) is 0 Å². The van der Waals surface area contributed by atoms with E-state index in [0.29, 0.717) is 12.3 Å². The third-order valence-electron chi connectivity index (χ3n) is 4.44. The summed E-state index contributed by atoms with van der Waals surface area (Å²) in [5, 5.41) is 16.6. The van der Waals surface area contributed by atoms with Gasteiger partial charge in [-0.25, -0.2) is 0 Å². The number of guanidine groups is 1. The first-order chi connectivity index (χ1) is 11.3. The van der Waals surface area contributed by atoms with Gasteiger partial charge < -0.3 is 20.2 Å². The number of furan rings is 1. The minimum atomic E-state index is -0.692. The maximum atomic E-state index is 10.0. The van der Waals surface area contributed by atoms with E-state index in [-0.39, 0.29) is 24.0 Å². The maximum Gasteiger partial charge on any atom is 0.191 e. The predicted octanol–water partition coefficient (Wildman–Crippen LogP) is 3.85. The van der Waals surface area contributed by atoms with Crippen molar-refractivity contribution in [3.05, 3.63) is 24.2 Å². The Morgan fingerprint density at radius 2 is 2.12 bits per heavy atom. The van der Waals surface area contributed by atoms with Crippen LogP contribution < -0.4 is 10.6 Å². The summed E-state index contributed by atoms with van der Waals surface area (Å²) in [5.74, 6) is 2.29. The maximum absolute atomic E-state index is 10.0. The summed E-state index contributed by atoms with van der Waals surface area (Å²) in [5.41, 5.74) is 0. The lowest BCUT2D eigenvalue weighted by Gasteiger charge is -2.13. The molecule has 0 spiro atoms. The van der Waals surface area contributed by atoms with Crippen molar-refractivity contribution >= 4 is 29.9 Å². The molecule has 1 aliphatic rings. The van der Waals surface area contributed by atoms with Crippen molar-refractivity contribution in [1.29, 1.82) is 0 Å². The van der Waals surface area contributed by atoms with Crippen molar-refractivity contribution in [1.82, 2.24) is 10.6 Å². The molecule has 1 heterocycles. The molecule has 2 rings (SSSR count). The normalized spacial score (nSPS) is 16.7. The fourth-order valence-corrected chi connectivity index (χ4v) is 3.15. The number of nitrogens with one attached hydrogen (secondary N) is 2. The molecule has 0 amide bonds. The Labute approximate surface area is 162 Å². The number of halogens is 1. The SMILES string of the molecule is CCNC(=NCC(O)c1ccco1)NCCCCC1CCCC1.I. The lowest BCUT2D eigenvalue weighted by Crippen LogP contribution is -2.38. The molecule has 0 aromatic carbocycles. The molecule has 24 heavy (non-hydrogen) atoms. The summed E-state index contributed by atoms with van der Waals surface area (Å²) in [6.45, 7) is 4.07. The fourth-order valence-electron chi connectivity index (χ4n) is 3.15. The molecule has 1 atom stereocenters. The molecule has 0 bridgehead atoms. The van der Waals surface area contributed by atoms with Crippen LogP contribution in [-0.2, 0) is 0 Å². The van der Waals surface area contributed by atoms with Gasteiger partial charge >= 0.3 is 0 Å². The van der Waals surface area contributed by atoms with Gasteiger partial charge in [0.25, 0.3) is 0 Å². The summed E-state index contributed by atoms with van der Waals surface area (Å²) >= 11 is 0. The first kappa shape index (κ1) is 21.3. The number of aliphatic hydroxyl groups is 1. The molecular formula is C18H32IN3O2. The highest BCUT2D eigenvalue weighted by molar-refractivity contribution is 14.0. The molecule has 3 N–H and O–H groups in total. The number of hydrogen-bond donors (Lipinski definition) is 3. The highest BCUT2D eigenvalue weighted by Crippen LogP contribution is 2.28. The summed E-state index contributed by atoms with van der Waals surface area (Å²) < 4.78 is 5.19. The van der Waals surface area contributed by atoms with Gasteiger partial charge in [0.2, 0.25) is 0 Å². The van der Waals surface area contributed by atoms with Crippen LogP contribution in [0.3, 0.4) is 0 Å². The van der Waals surface area contributed by atoms with Gasteiger partial charge in [-0.05, 0) is 31.4 Å². The lowest BCUT2D eigenvalue weighted by atomic mass is 10.0. The molecule has 1 aliphatic carbocycles. The van der Waals surface area contributed by atoms with E-state index >= 15 is 0 Å². The van der Waals surface area contributed by atoms with Crippen LogP contribution in [0.4, 0.5) is 0 Å². The summed E-state index contributed by atoms with van der Waals surface area (Å²) in [6.07, 6.45) is 10.4. The fraction of sp³-hybridized carbons (Fsp3) is 0.722. The summed E-state index contributed by atoms with van der Waals surface area (Å²) in [7, 11) is 0. The Morgan fingerprint density at radius 1 is 1.33 bits per heavy atom. The first-order valence-corrected chi connectivity index (χ1v) is 9.03. The van der Waals surface area contributed by atoms with E-state index < -0.39 is 6.10 Å². The minimum Gasteiger partial charge on any atom is -0.467 e. The second kappa shape index (κ2) is 12.6. The van der Waals surface area contributed by atoms with E-state index in [1.807, 2.05) is 6.92 Å². The number of aliphatic hydroxyl groups excluding tert-OH is 1. The van der Waals surface area contributed by atoms with Crippen LogP contribution >= 0.6 is 24.0 Å². The van der Waals surface area contributed by atoms with Crippen LogP contribution in [0, 0.1) is 5.92 Å². The Kier molecular flexibility index (Phi) is 11.2. The summed E-state index contributed by atoms with van der Waals surface area (Å²) in [4.78, 5) is 4.43. The number of rotatable bonds is 9. The molecule has 1 aromatic heterocycles. The van der Waals surface area contributed by atoms with Crippen LogP contribution in [0.25, 0.3) is 0 Å². The molecule has 0 saturated heterocycles. The van der Waals surface area contributed by atoms with E-state index in [9.17, 15) is 5.11 Å². The Morgan fingerprint density at radius 3 is 2.79 bits per heavy atom. The quantitative estimate of drug-likeness (QED) is 0.232. The molecule has 1 unspecified atom stereocenters. The largest absolute Gasteiger partial charge is 0.467 e. The smallest absolute Gasteiger partial charge is 0.191 e. The molecule has 1 aromatic rings. The van der Waals surface area contributed by atoms with Crippen molar-refractivity contribution in [2.24, 2.45) is 10.9 Å². The van der Waals surface area contributed by atoms with Crippen molar-refractivity contribution in [3.63, 3.8) is 0 Å². The second-order valence-electron chi connectivity index (χ2n) is 6.32. The standard InChI is InChI=1S/C18H31N3O2.HI/c1-2-19-18(21-14-16(22)17-11-7-13-23-17)20-12-6-5-10-15-8-3-4-9-15;/h7,11,13,15-16,22H,2-6,8-10,12,14H2,1H3,(H2,19,20,21);1H. The van der Waals surface area contributed by atoms with Gasteiger partial charge in [0.05, 0.1) is 12.8 Å². The van der Waals surface area contributed by atoms with Crippen LogP contribution in [0.15, 0.2) is 27.8 Å². The van der Waals surface area contributed by atoms with Crippen molar-refractivity contribution in [2.45, 2.75) is 58.0 Å². The number of nitrogens with zero attached hydrogens (tertiary/aromatic N) is 1. The van der Waals surface area contributed by atoms with Gasteiger partial charge in [-0.1, -0.05) is 38.5 Å². The van der Waals surface area contributed by atoms with Gasteiger partial charge in [0.15, 0.2) is 5.96 Å². The minimum absolute atomic E-state index is 0. The van der Waals surface area contributed by atoms with Crippen LogP contribution in [0.1, 0.15) is 63.7 Å². The molecule has 1 fully saturated rings. The average molecular weight is 449 g/mol. The van der Waals surface area contributed by atoms with Gasteiger partial charge in [-0.2, -0.15) is 0 Å². The van der Waals surface area contributed by atoms with Gasteiger partial charge in [0, 0.05) is 13.1 Å². The van der Waals surface area contributed by atoms with Gasteiger partial charge in [-0.15, -0.1) is 24.0 Å². The molecule has 5 nitrogen and oxygen atoms in total. The van der Waals surface area contributed by atoms with Crippen molar-refractivity contribution < 1.29 is 9.52 Å². The van der Waals surface area contributed by atoms with Gasteiger partial charge in [0.1, 0.15) is 11.9 Å². The zero-order valence-electron chi connectivity index (χ0n) is 14.7. The molecule has 1 saturated carbocycles. The zero-order chi connectivity index (χ0) is 16.3. The third kappa shape index (κ3) is 7.88. The van der Waals surface area contributed by atoms with Crippen molar-refractivity contribution in [3.8, 4) is 0 Å². The second-order valence-corrected chi connectivity index (χ2v) is 6.32. The number of aliphatic imine (C=N–C) groups is 1. The topological polar surface area (TPSA) is 69.8 Å². The molecule has 138 valence electrons. The number of unbranched alkanes of at least 4 members (excludes halogenated alkanes) is 1. The highest BCUT2D eigenvalue weighted by atomic mass is 127. The first-order valence-electron chi connectivity index (χ1n) is 9.03. The zero-order valence-corrected chi connectivity index (χ0v) is 17.0. The van der Waals surface area contributed by atoms with Gasteiger partial charge in [-0.3, -0.25) is 4.99 Å². The Bertz CT molecular complexity index is 445. The number of hydrogen-bond acceptors (Lipinski definition) is 3. The highest BCUT2D eigenvalue weighted by Gasteiger charge is 2.14. The molecular weight excluding hydrogens is 417 g/mol. The van der Waals surface area contributed by atoms with E-state index in [4.69, 9.17) is 4.42 Å². The molecule has 0 aliphatic heterocycles. The van der Waals surface area contributed by atoms with Crippen LogP contribution in [-0.4, -0.2) is 30.7 Å². The van der Waals surface area contributed by atoms with E-state index in [1.54, 1.807) is 18.4 Å². The average Bonchev–Trinajstić information content (AvgIpc) is 3.25.